The van der Waals surface area contributed by atoms with Gasteiger partial charge < -0.3 is 10.6 Å². The molecule has 0 aliphatic carbocycles. The molecule has 0 saturated carbocycles. The first-order valence-corrected chi connectivity index (χ1v) is 7.26. The molecule has 0 bridgehead atoms. The molecule has 1 unspecified atom stereocenters. The molecule has 1 aliphatic rings. The third-order valence-corrected chi connectivity index (χ3v) is 4.00. The summed E-state index contributed by atoms with van der Waals surface area (Å²) in [6.45, 7) is 6.71. The predicted octanol–water partition coefficient (Wildman–Crippen LogP) is 2.60. The smallest absolute Gasteiger partial charge is 0.00217 e. The van der Waals surface area contributed by atoms with Crippen molar-refractivity contribution >= 4 is 0 Å². The van der Waals surface area contributed by atoms with E-state index in [4.69, 9.17) is 5.73 Å². The van der Waals surface area contributed by atoms with Crippen molar-refractivity contribution in [1.82, 2.24) is 4.90 Å². The summed E-state index contributed by atoms with van der Waals surface area (Å²) < 4.78 is 0. The third kappa shape index (κ3) is 4.11. The lowest BCUT2D eigenvalue weighted by molar-refractivity contribution is 0.176. The maximum atomic E-state index is 5.77. The second-order valence-electron chi connectivity index (χ2n) is 5.63. The molecule has 2 rings (SSSR count). The first-order chi connectivity index (χ1) is 8.78. The molecule has 1 fully saturated rings. The topological polar surface area (TPSA) is 29.3 Å². The lowest BCUT2D eigenvalue weighted by Gasteiger charge is -2.32. The SMILES string of the molecule is Cc1ccc(CCCN2CCCC(CN)C2)cc1. The van der Waals surface area contributed by atoms with Gasteiger partial charge in [0.2, 0.25) is 0 Å². The Morgan fingerprint density at radius 2 is 2.06 bits per heavy atom. The molecular formula is C16H26N2. The van der Waals surface area contributed by atoms with Crippen molar-refractivity contribution in [1.29, 1.82) is 0 Å². The minimum atomic E-state index is 0.734. The third-order valence-electron chi connectivity index (χ3n) is 4.00. The zero-order chi connectivity index (χ0) is 12.8. The molecule has 2 N–H and O–H groups in total. The summed E-state index contributed by atoms with van der Waals surface area (Å²) in [6.07, 6.45) is 5.11. The van der Waals surface area contributed by atoms with Crippen LogP contribution in [-0.2, 0) is 6.42 Å². The number of hydrogen-bond acceptors (Lipinski definition) is 2. The number of benzene rings is 1. The Balaban J connectivity index is 1.70. The molecule has 2 nitrogen and oxygen atoms in total. The van der Waals surface area contributed by atoms with Gasteiger partial charge in [0.15, 0.2) is 0 Å². The summed E-state index contributed by atoms with van der Waals surface area (Å²) in [7, 11) is 0. The van der Waals surface area contributed by atoms with E-state index in [1.807, 2.05) is 0 Å². The normalized spacial score (nSPS) is 21.1. The first-order valence-electron chi connectivity index (χ1n) is 7.26. The zero-order valence-electron chi connectivity index (χ0n) is 11.6. The van der Waals surface area contributed by atoms with Crippen LogP contribution in [0, 0.1) is 12.8 Å². The van der Waals surface area contributed by atoms with Crippen molar-refractivity contribution in [2.75, 3.05) is 26.2 Å². The Bertz CT molecular complexity index is 345. The van der Waals surface area contributed by atoms with Crippen molar-refractivity contribution in [3.05, 3.63) is 35.4 Å². The van der Waals surface area contributed by atoms with Crippen molar-refractivity contribution in [3.63, 3.8) is 0 Å². The van der Waals surface area contributed by atoms with E-state index in [0.29, 0.717) is 0 Å². The average Bonchev–Trinajstić information content (AvgIpc) is 2.41. The number of likely N-dealkylation sites (tertiary alicyclic amines) is 1. The Morgan fingerprint density at radius 3 is 2.78 bits per heavy atom. The number of nitrogens with two attached hydrogens (primary N) is 1. The quantitative estimate of drug-likeness (QED) is 0.865. The maximum Gasteiger partial charge on any atom is 0.00217 e. The van der Waals surface area contributed by atoms with E-state index in [2.05, 4.69) is 36.1 Å². The largest absolute Gasteiger partial charge is 0.330 e. The highest BCUT2D eigenvalue weighted by atomic mass is 15.1. The minimum Gasteiger partial charge on any atom is -0.330 e. The molecule has 1 atom stereocenters. The van der Waals surface area contributed by atoms with Crippen LogP contribution in [0.25, 0.3) is 0 Å². The van der Waals surface area contributed by atoms with Crippen LogP contribution < -0.4 is 5.73 Å². The second-order valence-corrected chi connectivity index (χ2v) is 5.63. The number of piperidine rings is 1. The molecule has 0 amide bonds. The van der Waals surface area contributed by atoms with Crippen LogP contribution in [0.2, 0.25) is 0 Å². The van der Waals surface area contributed by atoms with Gasteiger partial charge in [0.25, 0.3) is 0 Å². The van der Waals surface area contributed by atoms with E-state index in [-0.39, 0.29) is 0 Å². The number of aryl methyl sites for hydroxylation is 2. The van der Waals surface area contributed by atoms with Crippen molar-refractivity contribution < 1.29 is 0 Å². The molecule has 0 spiro atoms. The van der Waals surface area contributed by atoms with Crippen molar-refractivity contribution in [2.45, 2.75) is 32.6 Å². The lowest BCUT2D eigenvalue weighted by atomic mass is 9.98. The minimum absolute atomic E-state index is 0.734. The van der Waals surface area contributed by atoms with Crippen molar-refractivity contribution in [3.8, 4) is 0 Å². The van der Waals surface area contributed by atoms with Crippen LogP contribution in [0.15, 0.2) is 24.3 Å². The first kappa shape index (κ1) is 13.6. The van der Waals surface area contributed by atoms with E-state index in [9.17, 15) is 0 Å². The van der Waals surface area contributed by atoms with Gasteiger partial charge in [-0.05, 0) is 63.7 Å². The van der Waals surface area contributed by atoms with E-state index >= 15 is 0 Å². The van der Waals surface area contributed by atoms with E-state index < -0.39 is 0 Å². The fourth-order valence-corrected chi connectivity index (χ4v) is 2.81. The summed E-state index contributed by atoms with van der Waals surface area (Å²) in [5.74, 6) is 0.734. The van der Waals surface area contributed by atoms with Crippen LogP contribution in [0.5, 0.6) is 0 Å². The maximum absolute atomic E-state index is 5.77. The number of nitrogens with zero attached hydrogens (tertiary/aromatic N) is 1. The highest BCUT2D eigenvalue weighted by Crippen LogP contribution is 2.16. The molecule has 100 valence electrons. The Hall–Kier alpha value is -0.860. The summed E-state index contributed by atoms with van der Waals surface area (Å²) in [5, 5.41) is 0. The predicted molar refractivity (Wildman–Crippen MR) is 77.7 cm³/mol. The molecule has 1 aromatic carbocycles. The van der Waals surface area contributed by atoms with Crippen LogP contribution in [0.1, 0.15) is 30.4 Å². The molecule has 0 aromatic heterocycles. The monoisotopic (exact) mass is 246 g/mol. The Morgan fingerprint density at radius 1 is 1.28 bits per heavy atom. The summed E-state index contributed by atoms with van der Waals surface area (Å²) >= 11 is 0. The molecule has 1 saturated heterocycles. The van der Waals surface area contributed by atoms with Crippen molar-refractivity contribution in [2.24, 2.45) is 11.7 Å². The summed E-state index contributed by atoms with van der Waals surface area (Å²) in [5.41, 5.74) is 8.59. The fourth-order valence-electron chi connectivity index (χ4n) is 2.81. The molecule has 18 heavy (non-hydrogen) atoms. The molecular weight excluding hydrogens is 220 g/mol. The summed E-state index contributed by atoms with van der Waals surface area (Å²) in [6, 6.07) is 8.93. The zero-order valence-corrected chi connectivity index (χ0v) is 11.6. The number of rotatable bonds is 5. The van der Waals surface area contributed by atoms with E-state index in [0.717, 1.165) is 12.5 Å². The van der Waals surface area contributed by atoms with Gasteiger partial charge in [-0.3, -0.25) is 0 Å². The van der Waals surface area contributed by atoms with Gasteiger partial charge in [0.05, 0.1) is 0 Å². The van der Waals surface area contributed by atoms with Crippen LogP contribution in [0.3, 0.4) is 0 Å². The average molecular weight is 246 g/mol. The Kier molecular flexibility index (Phi) is 5.21. The Labute approximate surface area is 111 Å². The lowest BCUT2D eigenvalue weighted by Crippen LogP contribution is -2.38. The van der Waals surface area contributed by atoms with Crippen LogP contribution in [-0.4, -0.2) is 31.1 Å². The number of hydrogen-bond donors (Lipinski definition) is 1. The highest BCUT2D eigenvalue weighted by molar-refractivity contribution is 5.21. The molecule has 0 radical (unpaired) electrons. The van der Waals surface area contributed by atoms with Gasteiger partial charge >= 0.3 is 0 Å². The molecule has 1 heterocycles. The summed E-state index contributed by atoms with van der Waals surface area (Å²) in [4.78, 5) is 2.59. The van der Waals surface area contributed by atoms with Gasteiger partial charge in [-0.1, -0.05) is 29.8 Å². The standard InChI is InChI=1S/C16H26N2/c1-14-6-8-15(9-7-14)4-2-10-18-11-3-5-16(12-17)13-18/h6-9,16H,2-5,10-13,17H2,1H3. The fraction of sp³-hybridized carbons (Fsp3) is 0.625. The van der Waals surface area contributed by atoms with E-state index in [1.165, 1.54) is 56.4 Å². The van der Waals surface area contributed by atoms with Gasteiger partial charge in [-0.25, -0.2) is 0 Å². The molecule has 1 aromatic rings. The highest BCUT2D eigenvalue weighted by Gasteiger charge is 2.17. The van der Waals surface area contributed by atoms with Gasteiger partial charge in [-0.15, -0.1) is 0 Å². The van der Waals surface area contributed by atoms with Gasteiger partial charge in [0, 0.05) is 6.54 Å². The van der Waals surface area contributed by atoms with Gasteiger partial charge in [-0.2, -0.15) is 0 Å². The van der Waals surface area contributed by atoms with Crippen LogP contribution in [0.4, 0.5) is 0 Å². The van der Waals surface area contributed by atoms with E-state index in [1.54, 1.807) is 0 Å². The molecule has 1 aliphatic heterocycles. The van der Waals surface area contributed by atoms with Gasteiger partial charge in [0.1, 0.15) is 0 Å². The molecule has 2 heteroatoms. The second kappa shape index (κ2) is 6.91. The van der Waals surface area contributed by atoms with Crippen LogP contribution >= 0.6 is 0 Å².